The van der Waals surface area contributed by atoms with Crippen LogP contribution in [0.15, 0.2) is 9.90 Å². The van der Waals surface area contributed by atoms with Crippen LogP contribution in [-0.4, -0.2) is 27.5 Å². The second kappa shape index (κ2) is 6.20. The van der Waals surface area contributed by atoms with Gasteiger partial charge in [0.2, 0.25) is 5.91 Å². The summed E-state index contributed by atoms with van der Waals surface area (Å²) in [7, 11) is 0. The molecule has 1 fully saturated rings. The molecule has 0 spiro atoms. The molecule has 1 unspecified atom stereocenters. The van der Waals surface area contributed by atoms with Gasteiger partial charge in [-0.2, -0.15) is 0 Å². The zero-order chi connectivity index (χ0) is 15.7. The normalized spacial score (nSPS) is 18.7. The second-order valence-corrected chi connectivity index (χ2v) is 6.80. The first-order valence-corrected chi connectivity index (χ1v) is 8.57. The van der Waals surface area contributed by atoms with Gasteiger partial charge in [-0.15, -0.1) is 11.3 Å². The number of hydrogen-bond donors (Lipinski definition) is 0. The molecule has 2 aromatic heterocycles. The van der Waals surface area contributed by atoms with Crippen LogP contribution in [-0.2, 0) is 11.2 Å². The van der Waals surface area contributed by atoms with E-state index in [9.17, 15) is 4.79 Å². The summed E-state index contributed by atoms with van der Waals surface area (Å²) < 4.78 is 5.17. The van der Waals surface area contributed by atoms with Gasteiger partial charge < -0.3 is 9.42 Å². The number of amides is 1. The Kier molecular flexibility index (Phi) is 4.29. The molecule has 1 amide bonds. The average molecular weight is 319 g/mol. The number of thiazole rings is 1. The van der Waals surface area contributed by atoms with Gasteiger partial charge in [-0.05, 0) is 40.0 Å². The fourth-order valence-corrected chi connectivity index (χ4v) is 3.96. The van der Waals surface area contributed by atoms with Crippen molar-refractivity contribution in [3.05, 3.63) is 33.1 Å². The van der Waals surface area contributed by atoms with E-state index >= 15 is 0 Å². The minimum absolute atomic E-state index is 0.125. The summed E-state index contributed by atoms with van der Waals surface area (Å²) in [6.45, 7) is 6.56. The van der Waals surface area contributed by atoms with Gasteiger partial charge in [-0.3, -0.25) is 4.79 Å². The maximum Gasteiger partial charge on any atom is 0.227 e. The summed E-state index contributed by atoms with van der Waals surface area (Å²) in [4.78, 5) is 19.4. The number of carbonyl (C=O) groups is 1. The van der Waals surface area contributed by atoms with Gasteiger partial charge in [0.15, 0.2) is 0 Å². The molecule has 2 aromatic rings. The number of rotatable bonds is 3. The smallest absolute Gasteiger partial charge is 0.227 e. The van der Waals surface area contributed by atoms with Gasteiger partial charge in [0, 0.05) is 23.2 Å². The predicted molar refractivity (Wildman–Crippen MR) is 84.8 cm³/mol. The van der Waals surface area contributed by atoms with Crippen molar-refractivity contribution in [3.8, 4) is 0 Å². The number of nitrogens with zero attached hydrogens (tertiary/aromatic N) is 3. The van der Waals surface area contributed by atoms with Gasteiger partial charge >= 0.3 is 0 Å². The zero-order valence-corrected chi connectivity index (χ0v) is 14.1. The maximum absolute atomic E-state index is 12.8. The Labute approximate surface area is 134 Å². The molecule has 0 bridgehead atoms. The summed E-state index contributed by atoms with van der Waals surface area (Å²) in [6, 6.07) is 0.125. The van der Waals surface area contributed by atoms with E-state index in [0.717, 1.165) is 53.5 Å². The third-order valence-electron chi connectivity index (χ3n) is 4.25. The molecule has 0 radical (unpaired) electrons. The van der Waals surface area contributed by atoms with E-state index < -0.39 is 0 Å². The molecule has 5 nitrogen and oxygen atoms in total. The van der Waals surface area contributed by atoms with Crippen LogP contribution in [0.25, 0.3) is 0 Å². The third kappa shape index (κ3) is 2.92. The van der Waals surface area contributed by atoms with Gasteiger partial charge in [0.05, 0.1) is 18.2 Å². The Bertz CT molecular complexity index is 657. The van der Waals surface area contributed by atoms with Crippen molar-refractivity contribution in [2.45, 2.75) is 52.5 Å². The fourth-order valence-electron chi connectivity index (χ4n) is 3.02. The molecule has 0 N–H and O–H groups in total. The molecule has 3 heterocycles. The van der Waals surface area contributed by atoms with Gasteiger partial charge in [0.25, 0.3) is 0 Å². The van der Waals surface area contributed by atoms with E-state index in [-0.39, 0.29) is 11.9 Å². The van der Waals surface area contributed by atoms with Crippen LogP contribution >= 0.6 is 11.3 Å². The van der Waals surface area contributed by atoms with E-state index in [1.165, 1.54) is 0 Å². The van der Waals surface area contributed by atoms with Crippen LogP contribution in [0.1, 0.15) is 53.0 Å². The maximum atomic E-state index is 12.8. The van der Waals surface area contributed by atoms with Crippen molar-refractivity contribution >= 4 is 17.2 Å². The Morgan fingerprint density at radius 3 is 2.86 bits per heavy atom. The molecule has 3 rings (SSSR count). The minimum atomic E-state index is 0.125. The van der Waals surface area contributed by atoms with E-state index in [2.05, 4.69) is 15.5 Å². The van der Waals surface area contributed by atoms with Crippen LogP contribution in [0.4, 0.5) is 0 Å². The van der Waals surface area contributed by atoms with E-state index in [4.69, 9.17) is 4.52 Å². The molecule has 22 heavy (non-hydrogen) atoms. The average Bonchev–Trinajstić information content (AvgIpc) is 3.08. The molecule has 1 atom stereocenters. The van der Waals surface area contributed by atoms with Crippen LogP contribution in [0, 0.1) is 20.8 Å². The monoisotopic (exact) mass is 319 g/mol. The van der Waals surface area contributed by atoms with Crippen molar-refractivity contribution in [3.63, 3.8) is 0 Å². The Balaban J connectivity index is 1.80. The molecular weight excluding hydrogens is 298 g/mol. The van der Waals surface area contributed by atoms with Crippen molar-refractivity contribution in [1.82, 2.24) is 15.0 Å². The van der Waals surface area contributed by atoms with E-state index in [1.54, 1.807) is 11.3 Å². The summed E-state index contributed by atoms with van der Waals surface area (Å²) in [5.41, 5.74) is 2.76. The Morgan fingerprint density at radius 1 is 1.41 bits per heavy atom. The quantitative estimate of drug-likeness (QED) is 0.870. The van der Waals surface area contributed by atoms with Crippen LogP contribution in [0.5, 0.6) is 0 Å². The molecule has 118 valence electrons. The highest BCUT2D eigenvalue weighted by Crippen LogP contribution is 2.33. The van der Waals surface area contributed by atoms with Gasteiger partial charge in [0.1, 0.15) is 10.8 Å². The number of carbonyl (C=O) groups excluding carboxylic acids is 1. The SMILES string of the molecule is Cc1csc(C2CCCCN2C(=O)Cc2c(C)noc2C)n1. The molecular formula is C16H21N3O2S. The number of piperidine rings is 1. The van der Waals surface area contributed by atoms with Gasteiger partial charge in [-0.1, -0.05) is 5.16 Å². The zero-order valence-electron chi connectivity index (χ0n) is 13.3. The summed E-state index contributed by atoms with van der Waals surface area (Å²) in [5, 5.41) is 7.05. The van der Waals surface area contributed by atoms with E-state index in [0.29, 0.717) is 6.42 Å². The van der Waals surface area contributed by atoms with Crippen LogP contribution in [0.2, 0.25) is 0 Å². The largest absolute Gasteiger partial charge is 0.361 e. The summed E-state index contributed by atoms with van der Waals surface area (Å²) >= 11 is 1.66. The molecule has 1 aliphatic heterocycles. The first kappa shape index (κ1) is 15.2. The van der Waals surface area contributed by atoms with Crippen molar-refractivity contribution in [2.75, 3.05) is 6.54 Å². The lowest BCUT2D eigenvalue weighted by atomic mass is 10.0. The minimum Gasteiger partial charge on any atom is -0.361 e. The highest BCUT2D eigenvalue weighted by molar-refractivity contribution is 7.09. The Morgan fingerprint density at radius 2 is 2.23 bits per heavy atom. The Hall–Kier alpha value is -1.69. The molecule has 6 heteroatoms. The van der Waals surface area contributed by atoms with Crippen molar-refractivity contribution in [1.29, 1.82) is 0 Å². The fraction of sp³-hybridized carbons (Fsp3) is 0.562. The lowest BCUT2D eigenvalue weighted by molar-refractivity contribution is -0.134. The van der Waals surface area contributed by atoms with Crippen molar-refractivity contribution in [2.24, 2.45) is 0 Å². The van der Waals surface area contributed by atoms with Crippen LogP contribution in [0.3, 0.4) is 0 Å². The second-order valence-electron chi connectivity index (χ2n) is 5.91. The number of aryl methyl sites for hydroxylation is 3. The van der Waals surface area contributed by atoms with Gasteiger partial charge in [-0.25, -0.2) is 4.98 Å². The highest BCUT2D eigenvalue weighted by Gasteiger charge is 2.30. The van der Waals surface area contributed by atoms with Crippen molar-refractivity contribution < 1.29 is 9.32 Å². The highest BCUT2D eigenvalue weighted by atomic mass is 32.1. The standard InChI is InChI=1S/C16H21N3O2S/c1-10-9-22-16(17-10)14-6-4-5-7-19(14)15(20)8-13-11(2)18-21-12(13)3/h9,14H,4-8H2,1-3H3. The molecule has 1 saturated heterocycles. The van der Waals surface area contributed by atoms with Crippen LogP contribution < -0.4 is 0 Å². The number of hydrogen-bond acceptors (Lipinski definition) is 5. The lowest BCUT2D eigenvalue weighted by Gasteiger charge is -2.34. The molecule has 1 aliphatic rings. The lowest BCUT2D eigenvalue weighted by Crippen LogP contribution is -2.39. The molecule has 0 saturated carbocycles. The number of aromatic nitrogens is 2. The summed E-state index contributed by atoms with van der Waals surface area (Å²) in [5.74, 6) is 0.886. The number of likely N-dealkylation sites (tertiary alicyclic amines) is 1. The first-order valence-electron chi connectivity index (χ1n) is 7.69. The third-order valence-corrected chi connectivity index (χ3v) is 5.32. The molecule has 0 aromatic carbocycles. The van der Waals surface area contributed by atoms with E-state index in [1.807, 2.05) is 25.7 Å². The topological polar surface area (TPSA) is 59.2 Å². The predicted octanol–water partition coefficient (Wildman–Crippen LogP) is 3.35. The molecule has 0 aliphatic carbocycles. The first-order chi connectivity index (χ1) is 10.6. The summed E-state index contributed by atoms with van der Waals surface area (Å²) in [6.07, 6.45) is 3.58.